The van der Waals surface area contributed by atoms with Crippen LogP contribution in [0, 0.1) is 0 Å². The molecule has 29 heavy (non-hydrogen) atoms. The molecule has 1 fully saturated rings. The van der Waals surface area contributed by atoms with Gasteiger partial charge in [0, 0.05) is 25.8 Å². The summed E-state index contributed by atoms with van der Waals surface area (Å²) in [5, 5.41) is 0.535. The fourth-order valence-corrected chi connectivity index (χ4v) is 3.48. The lowest BCUT2D eigenvalue weighted by Crippen LogP contribution is -2.39. The van der Waals surface area contributed by atoms with Crippen LogP contribution < -0.4 is 10.5 Å². The number of amides is 1. The van der Waals surface area contributed by atoms with Crippen LogP contribution in [0.5, 0.6) is 0 Å². The number of nitrogens with zero attached hydrogens (tertiary/aromatic N) is 4. The Morgan fingerprint density at radius 1 is 1.21 bits per heavy atom. The Balaban J connectivity index is 1.62. The lowest BCUT2D eigenvalue weighted by atomic mass is 10.2. The number of pyridine rings is 1. The monoisotopic (exact) mass is 393 g/mol. The highest BCUT2D eigenvalue weighted by atomic mass is 16.5. The zero-order valence-electron chi connectivity index (χ0n) is 16.3. The van der Waals surface area contributed by atoms with Crippen LogP contribution in [0.3, 0.4) is 0 Å². The summed E-state index contributed by atoms with van der Waals surface area (Å²) < 4.78 is 5.41. The third-order valence-corrected chi connectivity index (χ3v) is 5.00. The molecule has 1 aliphatic rings. The van der Waals surface area contributed by atoms with E-state index in [4.69, 9.17) is 4.74 Å². The Morgan fingerprint density at radius 2 is 2.00 bits per heavy atom. The van der Waals surface area contributed by atoms with Crippen LogP contribution in [0.25, 0.3) is 10.9 Å². The van der Waals surface area contributed by atoms with Crippen molar-refractivity contribution in [2.75, 3.05) is 37.7 Å². The average molecular weight is 393 g/mol. The van der Waals surface area contributed by atoms with Gasteiger partial charge in [0.2, 0.25) is 0 Å². The zero-order valence-corrected chi connectivity index (χ0v) is 16.3. The number of hydrogen-bond donors (Lipinski definition) is 1. The number of benzene rings is 1. The van der Waals surface area contributed by atoms with E-state index in [2.05, 4.69) is 19.9 Å². The van der Waals surface area contributed by atoms with E-state index in [1.54, 1.807) is 41.4 Å². The van der Waals surface area contributed by atoms with Crippen molar-refractivity contribution in [2.45, 2.75) is 13.5 Å². The maximum absolute atomic E-state index is 13.3. The van der Waals surface area contributed by atoms with Crippen LogP contribution in [0.4, 0.5) is 5.82 Å². The lowest BCUT2D eigenvalue weighted by molar-refractivity contribution is 0.0747. The molecule has 0 spiro atoms. The van der Waals surface area contributed by atoms with Gasteiger partial charge in [0.05, 0.1) is 36.2 Å². The number of morpholine rings is 1. The molecule has 8 nitrogen and oxygen atoms in total. The normalized spacial score (nSPS) is 14.2. The molecular formula is C21H23N5O3. The first-order chi connectivity index (χ1) is 14.2. The van der Waals surface area contributed by atoms with Crippen molar-refractivity contribution in [2.24, 2.45) is 0 Å². The van der Waals surface area contributed by atoms with Crippen LogP contribution >= 0.6 is 0 Å². The third-order valence-electron chi connectivity index (χ3n) is 5.00. The number of aromatic nitrogens is 3. The van der Waals surface area contributed by atoms with Crippen molar-refractivity contribution in [3.8, 4) is 0 Å². The van der Waals surface area contributed by atoms with Gasteiger partial charge in [-0.05, 0) is 31.2 Å². The molecule has 1 saturated heterocycles. The number of H-pyrrole nitrogens is 1. The van der Waals surface area contributed by atoms with E-state index < -0.39 is 0 Å². The van der Waals surface area contributed by atoms with Gasteiger partial charge in [-0.2, -0.15) is 0 Å². The zero-order chi connectivity index (χ0) is 20.2. The quantitative estimate of drug-likeness (QED) is 0.711. The number of para-hydroxylation sites is 1. The largest absolute Gasteiger partial charge is 0.378 e. The van der Waals surface area contributed by atoms with E-state index >= 15 is 0 Å². The van der Waals surface area contributed by atoms with Crippen LogP contribution in [0.15, 0.2) is 47.4 Å². The Hall–Kier alpha value is -3.26. The number of carbonyl (C=O) groups is 1. The summed E-state index contributed by atoms with van der Waals surface area (Å²) in [6.45, 7) is 5.22. The highest BCUT2D eigenvalue weighted by molar-refractivity contribution is 5.98. The van der Waals surface area contributed by atoms with E-state index in [1.807, 2.05) is 13.0 Å². The molecule has 0 aliphatic carbocycles. The molecule has 0 atom stereocenters. The van der Waals surface area contributed by atoms with Crippen molar-refractivity contribution < 1.29 is 9.53 Å². The number of rotatable bonds is 5. The topological polar surface area (TPSA) is 91.4 Å². The molecule has 1 amide bonds. The summed E-state index contributed by atoms with van der Waals surface area (Å²) in [5.41, 5.74) is 0.953. The lowest BCUT2D eigenvalue weighted by Gasteiger charge is -2.30. The van der Waals surface area contributed by atoms with Crippen LogP contribution in [-0.4, -0.2) is 58.6 Å². The minimum atomic E-state index is -0.204. The summed E-state index contributed by atoms with van der Waals surface area (Å²) in [6, 6.07) is 10.7. The predicted molar refractivity (Wildman–Crippen MR) is 110 cm³/mol. The van der Waals surface area contributed by atoms with E-state index in [1.165, 1.54) is 0 Å². The second-order valence-corrected chi connectivity index (χ2v) is 6.82. The Kier molecular flexibility index (Phi) is 5.53. The molecule has 0 saturated carbocycles. The fourth-order valence-electron chi connectivity index (χ4n) is 3.48. The van der Waals surface area contributed by atoms with Gasteiger partial charge in [0.15, 0.2) is 0 Å². The summed E-state index contributed by atoms with van der Waals surface area (Å²) in [4.78, 5) is 41.1. The van der Waals surface area contributed by atoms with Crippen molar-refractivity contribution in [1.29, 1.82) is 0 Å². The highest BCUT2D eigenvalue weighted by Crippen LogP contribution is 2.21. The number of nitrogens with one attached hydrogen (secondary N) is 1. The number of fused-ring (bicyclic) bond motifs is 1. The Labute approximate surface area is 168 Å². The molecule has 1 aromatic carbocycles. The SMILES string of the molecule is CCN(Cc1nc2ccccc2c(=O)[nH]1)C(=O)c1cccnc1N1CCOCC1. The molecule has 150 valence electrons. The molecule has 0 radical (unpaired) electrons. The van der Waals surface area contributed by atoms with Gasteiger partial charge in [-0.15, -0.1) is 0 Å². The van der Waals surface area contributed by atoms with E-state index in [0.29, 0.717) is 61.0 Å². The molecule has 8 heteroatoms. The summed E-state index contributed by atoms with van der Waals surface area (Å²) in [5.74, 6) is 0.984. The molecule has 3 heterocycles. The smallest absolute Gasteiger partial charge is 0.258 e. The molecule has 0 unspecified atom stereocenters. The maximum atomic E-state index is 13.3. The van der Waals surface area contributed by atoms with Crippen LogP contribution in [0.1, 0.15) is 23.1 Å². The number of hydrogen-bond acceptors (Lipinski definition) is 6. The van der Waals surface area contributed by atoms with Crippen molar-refractivity contribution >= 4 is 22.6 Å². The first-order valence-electron chi connectivity index (χ1n) is 9.72. The second kappa shape index (κ2) is 8.40. The maximum Gasteiger partial charge on any atom is 0.258 e. The van der Waals surface area contributed by atoms with Gasteiger partial charge in [-0.1, -0.05) is 12.1 Å². The second-order valence-electron chi connectivity index (χ2n) is 6.82. The van der Waals surface area contributed by atoms with Gasteiger partial charge in [0.1, 0.15) is 11.6 Å². The van der Waals surface area contributed by atoms with Gasteiger partial charge >= 0.3 is 0 Å². The molecule has 0 bridgehead atoms. The first-order valence-corrected chi connectivity index (χ1v) is 9.72. The first kappa shape index (κ1) is 19.1. The number of carbonyl (C=O) groups excluding carboxylic acids is 1. The Morgan fingerprint density at radius 3 is 2.79 bits per heavy atom. The molecular weight excluding hydrogens is 370 g/mol. The minimum absolute atomic E-state index is 0.141. The van der Waals surface area contributed by atoms with E-state index in [9.17, 15) is 9.59 Å². The molecule has 1 N–H and O–H groups in total. The fraction of sp³-hybridized carbons (Fsp3) is 0.333. The molecule has 3 aromatic rings. The van der Waals surface area contributed by atoms with Crippen molar-refractivity contribution in [3.05, 3.63) is 64.3 Å². The highest BCUT2D eigenvalue weighted by Gasteiger charge is 2.23. The third kappa shape index (κ3) is 3.97. The molecule has 4 rings (SSSR count). The number of anilines is 1. The summed E-state index contributed by atoms with van der Waals surface area (Å²) >= 11 is 0. The van der Waals surface area contributed by atoms with Gasteiger partial charge in [0.25, 0.3) is 11.5 Å². The van der Waals surface area contributed by atoms with Gasteiger partial charge in [-0.3, -0.25) is 9.59 Å². The van der Waals surface area contributed by atoms with Gasteiger partial charge in [-0.25, -0.2) is 9.97 Å². The standard InChI is InChI=1S/C21H23N5O3/c1-2-25(14-18-23-17-8-4-3-6-15(17)20(27)24-18)21(28)16-7-5-9-22-19(16)26-10-12-29-13-11-26/h3-9H,2,10-14H2,1H3,(H,23,24,27). The predicted octanol–water partition coefficient (Wildman–Crippen LogP) is 1.82. The number of ether oxygens (including phenoxy) is 1. The average Bonchev–Trinajstić information content (AvgIpc) is 2.77. The van der Waals surface area contributed by atoms with E-state index in [-0.39, 0.29) is 18.0 Å². The number of aromatic amines is 1. The Bertz CT molecular complexity index is 1080. The summed E-state index contributed by atoms with van der Waals surface area (Å²) in [6.07, 6.45) is 1.69. The van der Waals surface area contributed by atoms with E-state index in [0.717, 1.165) is 0 Å². The minimum Gasteiger partial charge on any atom is -0.378 e. The van der Waals surface area contributed by atoms with Crippen LogP contribution in [0.2, 0.25) is 0 Å². The van der Waals surface area contributed by atoms with Crippen molar-refractivity contribution in [1.82, 2.24) is 19.9 Å². The summed E-state index contributed by atoms with van der Waals surface area (Å²) in [7, 11) is 0. The van der Waals surface area contributed by atoms with Gasteiger partial charge < -0.3 is 19.5 Å². The van der Waals surface area contributed by atoms with Crippen molar-refractivity contribution in [3.63, 3.8) is 0 Å². The van der Waals surface area contributed by atoms with Crippen LogP contribution in [-0.2, 0) is 11.3 Å². The molecule has 1 aliphatic heterocycles. The molecule has 2 aromatic heterocycles.